The van der Waals surface area contributed by atoms with Crippen molar-refractivity contribution in [2.24, 2.45) is 0 Å². The van der Waals surface area contributed by atoms with E-state index in [9.17, 15) is 18.8 Å². The lowest BCUT2D eigenvalue weighted by Crippen LogP contribution is -2.34. The van der Waals surface area contributed by atoms with Gasteiger partial charge in [-0.3, -0.25) is 19.3 Å². The number of hydrogen-bond acceptors (Lipinski definition) is 6. The summed E-state index contributed by atoms with van der Waals surface area (Å²) in [4.78, 5) is 36.7. The number of hydrogen-bond donors (Lipinski definition) is 0. The Morgan fingerprint density at radius 3 is 2.64 bits per heavy atom. The van der Waals surface area contributed by atoms with Crippen molar-refractivity contribution >= 4 is 35.0 Å². The Morgan fingerprint density at radius 2 is 1.93 bits per heavy atom. The first-order chi connectivity index (χ1) is 13.5. The number of esters is 1. The van der Waals surface area contributed by atoms with Gasteiger partial charge in [-0.2, -0.15) is 0 Å². The number of carbonyl (C=O) groups excluding carboxylic acids is 3. The molecule has 1 aliphatic heterocycles. The molecule has 144 valence electrons. The maximum Gasteiger partial charge on any atom is 0.325 e. The monoisotopic (exact) mass is 401 g/mol. The van der Waals surface area contributed by atoms with E-state index < -0.39 is 23.7 Å². The highest BCUT2D eigenvalue weighted by molar-refractivity contribution is 8.18. The second kappa shape index (κ2) is 8.71. The molecule has 3 rings (SSSR count). The molecular weight excluding hydrogens is 385 g/mol. The second-order valence-corrected chi connectivity index (χ2v) is 6.82. The lowest BCUT2D eigenvalue weighted by atomic mass is 10.2. The number of thioether (sulfide) groups is 1. The summed E-state index contributed by atoms with van der Waals surface area (Å²) >= 11 is 0.761. The molecule has 2 aromatic carbocycles. The molecule has 0 aliphatic carbocycles. The van der Waals surface area contributed by atoms with Crippen molar-refractivity contribution in [3.05, 3.63) is 70.4 Å². The van der Waals surface area contributed by atoms with E-state index in [1.807, 2.05) is 0 Å². The first-order valence-corrected chi connectivity index (χ1v) is 9.07. The zero-order valence-corrected chi connectivity index (χ0v) is 15.7. The van der Waals surface area contributed by atoms with Crippen molar-refractivity contribution in [1.82, 2.24) is 4.90 Å². The molecule has 0 spiro atoms. The highest BCUT2D eigenvalue weighted by atomic mass is 32.2. The van der Waals surface area contributed by atoms with Gasteiger partial charge in [-0.15, -0.1) is 0 Å². The molecule has 0 bridgehead atoms. The Bertz CT molecular complexity index is 942. The minimum Gasteiger partial charge on any atom is -0.489 e. The first kappa shape index (κ1) is 19.6. The highest BCUT2D eigenvalue weighted by Gasteiger charge is 2.36. The van der Waals surface area contributed by atoms with Gasteiger partial charge in [0.2, 0.25) is 0 Å². The summed E-state index contributed by atoms with van der Waals surface area (Å²) < 4.78 is 23.1. The number of ether oxygens (including phenoxy) is 2. The van der Waals surface area contributed by atoms with Crippen LogP contribution in [0.15, 0.2) is 53.4 Å². The highest BCUT2D eigenvalue weighted by Crippen LogP contribution is 2.32. The molecule has 0 aromatic heterocycles. The van der Waals surface area contributed by atoms with Gasteiger partial charge in [-0.25, -0.2) is 4.39 Å². The Morgan fingerprint density at radius 1 is 1.18 bits per heavy atom. The standard InChI is InChI=1S/C20H16FNO5S/c1-26-18(23)11-22-19(24)17(28-20(22)25)10-14-3-2-4-16(9-14)27-12-13-5-7-15(21)8-6-13/h2-10H,11-12H2,1H3/b17-10+. The summed E-state index contributed by atoms with van der Waals surface area (Å²) in [6, 6.07) is 13.0. The van der Waals surface area contributed by atoms with Gasteiger partial charge in [0.05, 0.1) is 12.0 Å². The normalized spacial score (nSPS) is 15.2. The smallest absolute Gasteiger partial charge is 0.325 e. The molecule has 0 radical (unpaired) electrons. The van der Waals surface area contributed by atoms with Crippen LogP contribution < -0.4 is 4.74 Å². The van der Waals surface area contributed by atoms with Crippen molar-refractivity contribution in [3.63, 3.8) is 0 Å². The van der Waals surface area contributed by atoms with Crippen LogP contribution in [0.5, 0.6) is 5.75 Å². The molecule has 1 saturated heterocycles. The lowest BCUT2D eigenvalue weighted by Gasteiger charge is -2.09. The number of benzene rings is 2. The van der Waals surface area contributed by atoms with E-state index in [2.05, 4.69) is 4.74 Å². The molecule has 2 aromatic rings. The zero-order chi connectivity index (χ0) is 20.1. The minimum absolute atomic E-state index is 0.213. The molecule has 1 fully saturated rings. The summed E-state index contributed by atoms with van der Waals surface area (Å²) in [5.74, 6) is -0.962. The van der Waals surface area contributed by atoms with E-state index in [0.717, 1.165) is 22.2 Å². The first-order valence-electron chi connectivity index (χ1n) is 8.26. The minimum atomic E-state index is -0.667. The van der Waals surface area contributed by atoms with E-state index in [-0.39, 0.29) is 17.3 Å². The number of imide groups is 1. The Kier molecular flexibility index (Phi) is 6.10. The van der Waals surface area contributed by atoms with Gasteiger partial charge >= 0.3 is 5.97 Å². The van der Waals surface area contributed by atoms with Crippen LogP contribution in [0, 0.1) is 5.82 Å². The van der Waals surface area contributed by atoms with Gasteiger partial charge < -0.3 is 9.47 Å². The van der Waals surface area contributed by atoms with Gasteiger partial charge in [0.1, 0.15) is 24.7 Å². The predicted octanol–water partition coefficient (Wildman–Crippen LogP) is 3.61. The van der Waals surface area contributed by atoms with Crippen LogP contribution in [0.4, 0.5) is 9.18 Å². The molecule has 1 heterocycles. The Hall–Kier alpha value is -3.13. The number of methoxy groups -OCH3 is 1. The molecule has 0 N–H and O–H groups in total. The number of rotatable bonds is 6. The van der Waals surface area contributed by atoms with Crippen LogP contribution in [-0.4, -0.2) is 35.7 Å². The van der Waals surface area contributed by atoms with E-state index in [1.165, 1.54) is 19.2 Å². The van der Waals surface area contributed by atoms with Crippen molar-refractivity contribution in [1.29, 1.82) is 0 Å². The fourth-order valence-corrected chi connectivity index (χ4v) is 3.26. The van der Waals surface area contributed by atoms with E-state index in [0.29, 0.717) is 11.3 Å². The van der Waals surface area contributed by atoms with Gasteiger partial charge in [0.25, 0.3) is 11.1 Å². The Labute approximate surface area is 164 Å². The molecule has 0 atom stereocenters. The molecule has 8 heteroatoms. The fourth-order valence-electron chi connectivity index (χ4n) is 2.42. The van der Waals surface area contributed by atoms with Crippen molar-refractivity contribution in [2.75, 3.05) is 13.7 Å². The largest absolute Gasteiger partial charge is 0.489 e. The maximum absolute atomic E-state index is 12.9. The predicted molar refractivity (Wildman–Crippen MR) is 102 cm³/mol. The average molecular weight is 401 g/mol. The molecule has 6 nitrogen and oxygen atoms in total. The van der Waals surface area contributed by atoms with Gasteiger partial charge in [-0.05, 0) is 53.2 Å². The SMILES string of the molecule is COC(=O)CN1C(=O)S/C(=C/c2cccc(OCc3ccc(F)cc3)c2)C1=O. The van der Waals surface area contributed by atoms with Crippen molar-refractivity contribution in [3.8, 4) is 5.75 Å². The maximum atomic E-state index is 12.9. The molecular formula is C20H16FNO5S. The van der Waals surface area contributed by atoms with Gasteiger partial charge in [-0.1, -0.05) is 24.3 Å². The lowest BCUT2D eigenvalue weighted by molar-refractivity contribution is -0.143. The van der Waals surface area contributed by atoms with Crippen LogP contribution in [0.2, 0.25) is 0 Å². The average Bonchev–Trinajstić information content (AvgIpc) is 2.95. The quantitative estimate of drug-likeness (QED) is 0.544. The summed E-state index contributed by atoms with van der Waals surface area (Å²) in [6.45, 7) is -0.154. The van der Waals surface area contributed by atoms with E-state index in [1.54, 1.807) is 42.5 Å². The summed E-state index contributed by atoms with van der Waals surface area (Å²) in [7, 11) is 1.19. The third kappa shape index (κ3) is 4.77. The summed E-state index contributed by atoms with van der Waals surface area (Å²) in [6.07, 6.45) is 1.56. The molecule has 0 unspecified atom stereocenters. The molecule has 1 aliphatic rings. The van der Waals surface area contributed by atoms with Crippen molar-refractivity contribution in [2.45, 2.75) is 6.61 Å². The zero-order valence-electron chi connectivity index (χ0n) is 14.9. The van der Waals surface area contributed by atoms with Crippen LogP contribution in [0.1, 0.15) is 11.1 Å². The van der Waals surface area contributed by atoms with Gasteiger partial charge in [0, 0.05) is 0 Å². The second-order valence-electron chi connectivity index (χ2n) is 5.83. The van der Waals surface area contributed by atoms with E-state index in [4.69, 9.17) is 4.74 Å². The van der Waals surface area contributed by atoms with Gasteiger partial charge in [0.15, 0.2) is 0 Å². The van der Waals surface area contributed by atoms with Crippen LogP contribution in [0.25, 0.3) is 6.08 Å². The molecule has 0 saturated carbocycles. The fraction of sp³-hybridized carbons (Fsp3) is 0.150. The summed E-state index contributed by atoms with van der Waals surface area (Å²) in [5, 5.41) is -0.523. The third-order valence-electron chi connectivity index (χ3n) is 3.86. The van der Waals surface area contributed by atoms with Crippen LogP contribution in [0.3, 0.4) is 0 Å². The van der Waals surface area contributed by atoms with E-state index >= 15 is 0 Å². The number of carbonyl (C=O) groups is 3. The van der Waals surface area contributed by atoms with Crippen LogP contribution in [-0.2, 0) is 20.9 Å². The number of nitrogens with zero attached hydrogens (tertiary/aromatic N) is 1. The topological polar surface area (TPSA) is 72.9 Å². The molecule has 2 amide bonds. The Balaban J connectivity index is 1.69. The van der Waals surface area contributed by atoms with Crippen molar-refractivity contribution < 1.29 is 28.2 Å². The molecule has 28 heavy (non-hydrogen) atoms. The van der Waals surface area contributed by atoms with Crippen LogP contribution >= 0.6 is 11.8 Å². The number of halogens is 1. The summed E-state index contributed by atoms with van der Waals surface area (Å²) in [5.41, 5.74) is 1.48. The number of amides is 2. The third-order valence-corrected chi connectivity index (χ3v) is 4.77.